The fourth-order valence-electron chi connectivity index (χ4n) is 1.90. The molecular weight excluding hydrogens is 162 g/mol. The van der Waals surface area contributed by atoms with Crippen LogP contribution in [0.5, 0.6) is 0 Å². The van der Waals surface area contributed by atoms with E-state index in [0.717, 1.165) is 0 Å². The Labute approximate surface area is 78.0 Å². The fourth-order valence-corrected chi connectivity index (χ4v) is 1.90. The fraction of sp³-hybridized carbons (Fsp3) is 0.364. The number of hydrogen-bond acceptors (Lipinski definition) is 1. The summed E-state index contributed by atoms with van der Waals surface area (Å²) < 4.78 is 0. The van der Waals surface area contributed by atoms with E-state index in [4.69, 9.17) is 0 Å². The largest absolute Gasteiger partial charge is 0.353 e. The second-order valence-electron chi connectivity index (χ2n) is 3.58. The van der Waals surface area contributed by atoms with E-state index in [2.05, 4.69) is 24.4 Å². The van der Waals surface area contributed by atoms with Crippen LogP contribution in [0.25, 0.3) is 0 Å². The molecule has 0 radical (unpaired) electrons. The van der Waals surface area contributed by atoms with Gasteiger partial charge < -0.3 is 5.32 Å². The van der Waals surface area contributed by atoms with Crippen molar-refractivity contribution in [3.63, 3.8) is 0 Å². The first kappa shape index (κ1) is 8.30. The molecule has 1 aromatic carbocycles. The summed E-state index contributed by atoms with van der Waals surface area (Å²) in [4.78, 5) is 11.1. The molecule has 1 heterocycles. The Balaban J connectivity index is 2.23. The van der Waals surface area contributed by atoms with E-state index in [1.165, 1.54) is 5.56 Å². The third-order valence-corrected chi connectivity index (χ3v) is 2.63. The van der Waals surface area contributed by atoms with Gasteiger partial charge >= 0.3 is 0 Å². The predicted molar refractivity (Wildman–Crippen MR) is 51.4 cm³/mol. The Morgan fingerprint density at radius 1 is 1.31 bits per heavy atom. The zero-order chi connectivity index (χ0) is 9.26. The van der Waals surface area contributed by atoms with E-state index in [0.29, 0.717) is 12.3 Å². The Morgan fingerprint density at radius 3 is 2.54 bits per heavy atom. The molecule has 1 amide bonds. The van der Waals surface area contributed by atoms with Gasteiger partial charge in [-0.25, -0.2) is 0 Å². The molecule has 0 aromatic heterocycles. The lowest BCUT2D eigenvalue weighted by atomic mass is 9.93. The highest BCUT2D eigenvalue weighted by Gasteiger charge is 2.29. The van der Waals surface area contributed by atoms with Crippen LogP contribution in [-0.4, -0.2) is 11.9 Å². The van der Waals surface area contributed by atoms with Crippen molar-refractivity contribution >= 4 is 5.91 Å². The minimum Gasteiger partial charge on any atom is -0.353 e. The van der Waals surface area contributed by atoms with Gasteiger partial charge in [0.15, 0.2) is 0 Å². The molecule has 2 nitrogen and oxygen atoms in total. The normalized spacial score (nSPS) is 27.3. The van der Waals surface area contributed by atoms with Gasteiger partial charge in [-0.3, -0.25) is 4.79 Å². The number of amides is 1. The van der Waals surface area contributed by atoms with Gasteiger partial charge in [-0.2, -0.15) is 0 Å². The molecule has 1 N–H and O–H groups in total. The van der Waals surface area contributed by atoms with Crippen molar-refractivity contribution in [2.45, 2.75) is 25.3 Å². The first-order chi connectivity index (χ1) is 6.27. The summed E-state index contributed by atoms with van der Waals surface area (Å²) in [6, 6.07) is 10.5. The molecule has 68 valence electrons. The van der Waals surface area contributed by atoms with E-state index in [-0.39, 0.29) is 11.9 Å². The molecule has 2 atom stereocenters. The maximum atomic E-state index is 11.1. The maximum Gasteiger partial charge on any atom is 0.220 e. The Bertz CT molecular complexity index is 307. The topological polar surface area (TPSA) is 29.1 Å². The Kier molecular flexibility index (Phi) is 2.05. The van der Waals surface area contributed by atoms with Gasteiger partial charge in [-0.1, -0.05) is 30.3 Å². The Morgan fingerprint density at radius 2 is 2.00 bits per heavy atom. The van der Waals surface area contributed by atoms with Crippen LogP contribution in [0.1, 0.15) is 24.8 Å². The molecular formula is C11H13NO. The minimum atomic E-state index is 0.168. The first-order valence-electron chi connectivity index (χ1n) is 4.61. The molecule has 1 fully saturated rings. The number of nitrogens with one attached hydrogen (secondary N) is 1. The number of benzene rings is 1. The van der Waals surface area contributed by atoms with Gasteiger partial charge in [-0.05, 0) is 12.5 Å². The van der Waals surface area contributed by atoms with Crippen molar-refractivity contribution in [3.8, 4) is 0 Å². The minimum absolute atomic E-state index is 0.168. The molecule has 1 aliphatic rings. The molecule has 0 saturated carbocycles. The molecule has 0 unspecified atom stereocenters. The molecule has 1 saturated heterocycles. The van der Waals surface area contributed by atoms with Crippen molar-refractivity contribution in [3.05, 3.63) is 35.9 Å². The number of carbonyl (C=O) groups excluding carboxylic acids is 1. The third kappa shape index (κ3) is 1.57. The number of rotatable bonds is 1. The lowest BCUT2D eigenvalue weighted by molar-refractivity contribution is -0.119. The maximum absolute atomic E-state index is 11.1. The number of hydrogen-bond donors (Lipinski definition) is 1. The molecule has 1 aromatic rings. The highest BCUT2D eigenvalue weighted by molar-refractivity contribution is 5.80. The van der Waals surface area contributed by atoms with Crippen LogP contribution >= 0.6 is 0 Å². The average molecular weight is 175 g/mol. The highest BCUT2D eigenvalue weighted by Crippen LogP contribution is 2.27. The first-order valence-corrected chi connectivity index (χ1v) is 4.61. The van der Waals surface area contributed by atoms with E-state index in [9.17, 15) is 4.79 Å². The average Bonchev–Trinajstić information content (AvgIpc) is 2.47. The van der Waals surface area contributed by atoms with E-state index >= 15 is 0 Å². The van der Waals surface area contributed by atoms with Crippen molar-refractivity contribution in [1.29, 1.82) is 0 Å². The highest BCUT2D eigenvalue weighted by atomic mass is 16.1. The van der Waals surface area contributed by atoms with E-state index < -0.39 is 0 Å². The molecule has 0 spiro atoms. The van der Waals surface area contributed by atoms with Gasteiger partial charge in [0.1, 0.15) is 0 Å². The monoisotopic (exact) mass is 175 g/mol. The van der Waals surface area contributed by atoms with Crippen LogP contribution in [0.3, 0.4) is 0 Å². The van der Waals surface area contributed by atoms with Crippen molar-refractivity contribution in [1.82, 2.24) is 5.32 Å². The number of carbonyl (C=O) groups is 1. The summed E-state index contributed by atoms with van der Waals surface area (Å²) in [6.07, 6.45) is 0.630. The lowest BCUT2D eigenvalue weighted by Gasteiger charge is -2.13. The smallest absolute Gasteiger partial charge is 0.220 e. The molecule has 0 aliphatic carbocycles. The van der Waals surface area contributed by atoms with Crippen molar-refractivity contribution in [2.75, 3.05) is 0 Å². The van der Waals surface area contributed by atoms with E-state index in [1.54, 1.807) is 0 Å². The quantitative estimate of drug-likeness (QED) is 0.691. The Hall–Kier alpha value is -1.31. The summed E-state index contributed by atoms with van der Waals surface area (Å²) in [7, 11) is 0. The second kappa shape index (κ2) is 3.21. The summed E-state index contributed by atoms with van der Waals surface area (Å²) in [5.41, 5.74) is 1.26. The molecule has 13 heavy (non-hydrogen) atoms. The lowest BCUT2D eigenvalue weighted by Crippen LogP contribution is -2.24. The van der Waals surface area contributed by atoms with Gasteiger partial charge in [0.2, 0.25) is 5.91 Å². The summed E-state index contributed by atoms with van der Waals surface area (Å²) in [5.74, 6) is 0.523. The summed E-state index contributed by atoms with van der Waals surface area (Å²) in [5, 5.41) is 2.93. The molecule has 2 heteroatoms. The molecule has 0 bridgehead atoms. The van der Waals surface area contributed by atoms with Crippen LogP contribution in [-0.2, 0) is 4.79 Å². The third-order valence-electron chi connectivity index (χ3n) is 2.63. The van der Waals surface area contributed by atoms with Crippen molar-refractivity contribution < 1.29 is 4.79 Å². The second-order valence-corrected chi connectivity index (χ2v) is 3.58. The SMILES string of the molecule is C[C@H]1NC(=O)C[C@H]1c1ccccc1. The van der Waals surface area contributed by atoms with Crippen LogP contribution < -0.4 is 5.32 Å². The van der Waals surface area contributed by atoms with Gasteiger partial charge in [-0.15, -0.1) is 0 Å². The van der Waals surface area contributed by atoms with Crippen LogP contribution in [0.4, 0.5) is 0 Å². The molecule has 1 aliphatic heterocycles. The molecule has 2 rings (SSSR count). The van der Waals surface area contributed by atoms with Gasteiger partial charge in [0.05, 0.1) is 0 Å². The predicted octanol–water partition coefficient (Wildman–Crippen LogP) is 1.68. The standard InChI is InChI=1S/C11H13NO/c1-8-10(7-11(13)12-8)9-5-3-2-4-6-9/h2-6,8,10H,7H2,1H3,(H,12,13)/t8-,10-/m1/s1. The van der Waals surface area contributed by atoms with Crippen LogP contribution in [0, 0.1) is 0 Å². The summed E-state index contributed by atoms with van der Waals surface area (Å²) >= 11 is 0. The van der Waals surface area contributed by atoms with Crippen LogP contribution in [0.15, 0.2) is 30.3 Å². The van der Waals surface area contributed by atoms with E-state index in [1.807, 2.05) is 18.2 Å². The zero-order valence-electron chi connectivity index (χ0n) is 7.66. The summed E-state index contributed by atoms with van der Waals surface area (Å²) in [6.45, 7) is 2.06. The van der Waals surface area contributed by atoms with Gasteiger partial charge in [0, 0.05) is 18.4 Å². The van der Waals surface area contributed by atoms with Crippen LogP contribution in [0.2, 0.25) is 0 Å². The van der Waals surface area contributed by atoms with Gasteiger partial charge in [0.25, 0.3) is 0 Å². The van der Waals surface area contributed by atoms with Crippen molar-refractivity contribution in [2.24, 2.45) is 0 Å². The zero-order valence-corrected chi connectivity index (χ0v) is 7.66.